The monoisotopic (exact) mass is 352 g/mol. The lowest BCUT2D eigenvalue weighted by atomic mass is 10.1. The molecule has 2 aromatic rings. The molecule has 1 atom stereocenters. The molecule has 5 nitrogen and oxygen atoms in total. The number of methoxy groups -OCH3 is 1. The predicted molar refractivity (Wildman–Crippen MR) is 91.1 cm³/mol. The number of anilines is 1. The minimum absolute atomic E-state index is 0.146. The lowest BCUT2D eigenvalue weighted by Gasteiger charge is -2.17. The van der Waals surface area contributed by atoms with Crippen LogP contribution in [0.3, 0.4) is 0 Å². The van der Waals surface area contributed by atoms with Crippen molar-refractivity contribution in [3.63, 3.8) is 0 Å². The second-order valence-corrected chi connectivity index (χ2v) is 5.59. The Hall–Kier alpha value is -2.31. The first-order valence-corrected chi connectivity index (χ1v) is 7.66. The van der Waals surface area contributed by atoms with Crippen molar-refractivity contribution < 1.29 is 19.0 Å². The van der Waals surface area contributed by atoms with Crippen LogP contribution in [0.1, 0.15) is 5.56 Å². The molecule has 0 aliphatic carbocycles. The Labute approximate surface area is 144 Å². The number of hydrogen-bond acceptors (Lipinski definition) is 3. The molecule has 0 heterocycles. The molecule has 128 valence electrons. The van der Waals surface area contributed by atoms with E-state index in [9.17, 15) is 14.3 Å². The molecule has 0 aliphatic rings. The summed E-state index contributed by atoms with van der Waals surface area (Å²) in [7, 11) is 1.39. The second-order valence-electron chi connectivity index (χ2n) is 5.16. The second kappa shape index (κ2) is 8.52. The van der Waals surface area contributed by atoms with Gasteiger partial charge in [0, 0.05) is 10.7 Å². The van der Waals surface area contributed by atoms with Crippen LogP contribution in [0.15, 0.2) is 42.5 Å². The van der Waals surface area contributed by atoms with Gasteiger partial charge in [0.15, 0.2) is 11.6 Å². The standard InChI is InChI=1S/C17H18ClFN2O3/c1-24-16-7-2-11(9-15(16)19)8-14(10-22)21-17(23)20-13-5-3-12(18)4-6-13/h2-7,9,14,22H,8,10H2,1H3,(H2,20,21,23). The van der Waals surface area contributed by atoms with Crippen molar-refractivity contribution in [1.82, 2.24) is 5.32 Å². The number of aliphatic hydroxyl groups excluding tert-OH is 1. The number of rotatable bonds is 6. The van der Waals surface area contributed by atoms with Gasteiger partial charge in [0.1, 0.15) is 0 Å². The van der Waals surface area contributed by atoms with Gasteiger partial charge in [0.2, 0.25) is 0 Å². The van der Waals surface area contributed by atoms with E-state index in [0.29, 0.717) is 16.3 Å². The predicted octanol–water partition coefficient (Wildman–Crippen LogP) is 3.21. The van der Waals surface area contributed by atoms with E-state index in [2.05, 4.69) is 10.6 Å². The fourth-order valence-electron chi connectivity index (χ4n) is 2.17. The molecule has 0 radical (unpaired) electrons. The minimum atomic E-state index is -0.551. The zero-order valence-electron chi connectivity index (χ0n) is 13.1. The molecule has 0 spiro atoms. The lowest BCUT2D eigenvalue weighted by molar-refractivity contribution is 0.224. The van der Waals surface area contributed by atoms with E-state index < -0.39 is 17.9 Å². The van der Waals surface area contributed by atoms with Crippen molar-refractivity contribution in [2.75, 3.05) is 19.0 Å². The summed E-state index contributed by atoms with van der Waals surface area (Å²) < 4.78 is 18.5. The van der Waals surface area contributed by atoms with E-state index in [4.69, 9.17) is 16.3 Å². The van der Waals surface area contributed by atoms with Crippen molar-refractivity contribution in [2.24, 2.45) is 0 Å². The molecular weight excluding hydrogens is 335 g/mol. The third kappa shape index (κ3) is 5.11. The number of benzene rings is 2. The summed E-state index contributed by atoms with van der Waals surface area (Å²) in [5.74, 6) is -0.343. The number of nitrogens with one attached hydrogen (secondary N) is 2. The lowest BCUT2D eigenvalue weighted by Crippen LogP contribution is -2.41. The third-order valence-electron chi connectivity index (χ3n) is 3.36. The summed E-state index contributed by atoms with van der Waals surface area (Å²) in [5.41, 5.74) is 1.21. The number of halogens is 2. The van der Waals surface area contributed by atoms with Gasteiger partial charge in [-0.1, -0.05) is 17.7 Å². The first-order valence-electron chi connectivity index (χ1n) is 7.28. The smallest absolute Gasteiger partial charge is 0.319 e. The van der Waals surface area contributed by atoms with Crippen molar-refractivity contribution in [1.29, 1.82) is 0 Å². The van der Waals surface area contributed by atoms with Crippen molar-refractivity contribution in [3.8, 4) is 5.75 Å². The van der Waals surface area contributed by atoms with Crippen LogP contribution in [-0.2, 0) is 6.42 Å². The highest BCUT2D eigenvalue weighted by Crippen LogP contribution is 2.18. The Morgan fingerprint density at radius 3 is 2.58 bits per heavy atom. The first-order chi connectivity index (χ1) is 11.5. The summed E-state index contributed by atoms with van der Waals surface area (Å²) in [6, 6.07) is 10.1. The molecule has 1 unspecified atom stereocenters. The molecule has 0 bridgehead atoms. The minimum Gasteiger partial charge on any atom is -0.494 e. The van der Waals surface area contributed by atoms with Crippen LogP contribution < -0.4 is 15.4 Å². The summed E-state index contributed by atoms with van der Waals surface area (Å²) in [4.78, 5) is 12.0. The van der Waals surface area contributed by atoms with Crippen molar-refractivity contribution >= 4 is 23.3 Å². The fraction of sp³-hybridized carbons (Fsp3) is 0.235. The van der Waals surface area contributed by atoms with Crippen LogP contribution in [0, 0.1) is 5.82 Å². The highest BCUT2D eigenvalue weighted by atomic mass is 35.5. The van der Waals surface area contributed by atoms with Gasteiger partial charge in [-0.3, -0.25) is 0 Å². The average Bonchev–Trinajstić information content (AvgIpc) is 2.56. The quantitative estimate of drug-likeness (QED) is 0.747. The number of hydrogen-bond donors (Lipinski definition) is 3. The number of carbonyl (C=O) groups excluding carboxylic acids is 1. The molecule has 2 aromatic carbocycles. The third-order valence-corrected chi connectivity index (χ3v) is 3.61. The van der Waals surface area contributed by atoms with E-state index in [-0.39, 0.29) is 18.8 Å². The van der Waals surface area contributed by atoms with Gasteiger partial charge in [-0.05, 0) is 48.4 Å². The van der Waals surface area contributed by atoms with Gasteiger partial charge in [-0.25, -0.2) is 9.18 Å². The topological polar surface area (TPSA) is 70.6 Å². The maximum atomic E-state index is 13.7. The zero-order valence-corrected chi connectivity index (χ0v) is 13.8. The molecule has 0 saturated carbocycles. The normalized spacial score (nSPS) is 11.7. The fourth-order valence-corrected chi connectivity index (χ4v) is 2.29. The highest BCUT2D eigenvalue weighted by molar-refractivity contribution is 6.30. The Morgan fingerprint density at radius 1 is 1.29 bits per heavy atom. The number of aliphatic hydroxyl groups is 1. The molecule has 0 aromatic heterocycles. The Kier molecular flexibility index (Phi) is 6.40. The highest BCUT2D eigenvalue weighted by Gasteiger charge is 2.14. The number of amides is 2. The van der Waals surface area contributed by atoms with Crippen molar-refractivity contribution in [3.05, 3.63) is 58.9 Å². The van der Waals surface area contributed by atoms with Crippen molar-refractivity contribution in [2.45, 2.75) is 12.5 Å². The van der Waals surface area contributed by atoms with Crippen LogP contribution in [0.4, 0.5) is 14.9 Å². The zero-order chi connectivity index (χ0) is 17.5. The number of urea groups is 1. The van der Waals surface area contributed by atoms with Gasteiger partial charge in [0.25, 0.3) is 0 Å². The molecule has 3 N–H and O–H groups in total. The number of ether oxygens (including phenoxy) is 1. The first kappa shape index (κ1) is 18.0. The van der Waals surface area contributed by atoms with E-state index in [1.165, 1.54) is 19.2 Å². The van der Waals surface area contributed by atoms with Crippen LogP contribution in [0.2, 0.25) is 5.02 Å². The molecule has 0 saturated heterocycles. The Bertz CT molecular complexity index is 695. The molecular formula is C17H18ClFN2O3. The summed E-state index contributed by atoms with van der Waals surface area (Å²) in [5, 5.41) is 15.3. The summed E-state index contributed by atoms with van der Waals surface area (Å²) >= 11 is 5.78. The molecule has 2 rings (SSSR count). The van der Waals surface area contributed by atoms with Gasteiger partial charge < -0.3 is 20.5 Å². The van der Waals surface area contributed by atoms with E-state index in [0.717, 1.165) is 0 Å². The van der Waals surface area contributed by atoms with Gasteiger partial charge in [-0.2, -0.15) is 0 Å². The number of carbonyl (C=O) groups is 1. The van der Waals surface area contributed by atoms with Crippen LogP contribution >= 0.6 is 11.6 Å². The molecule has 7 heteroatoms. The van der Waals surface area contributed by atoms with Gasteiger partial charge >= 0.3 is 6.03 Å². The average molecular weight is 353 g/mol. The SMILES string of the molecule is COc1ccc(CC(CO)NC(=O)Nc2ccc(Cl)cc2)cc1F. The van der Waals surface area contributed by atoms with Gasteiger partial charge in [-0.15, -0.1) is 0 Å². The summed E-state index contributed by atoms with van der Waals surface area (Å²) in [6.45, 7) is -0.276. The van der Waals surface area contributed by atoms with Crippen LogP contribution in [0.25, 0.3) is 0 Å². The maximum absolute atomic E-state index is 13.7. The molecule has 24 heavy (non-hydrogen) atoms. The Morgan fingerprint density at radius 2 is 2.00 bits per heavy atom. The molecule has 0 aliphatic heterocycles. The van der Waals surface area contributed by atoms with Gasteiger partial charge in [0.05, 0.1) is 19.8 Å². The van der Waals surface area contributed by atoms with Crippen LogP contribution in [0.5, 0.6) is 5.75 Å². The van der Waals surface area contributed by atoms with E-state index >= 15 is 0 Å². The molecule has 2 amide bonds. The summed E-state index contributed by atoms with van der Waals surface area (Å²) in [6.07, 6.45) is 0.283. The van der Waals surface area contributed by atoms with E-state index in [1.54, 1.807) is 30.3 Å². The van der Waals surface area contributed by atoms with Crippen LogP contribution in [-0.4, -0.2) is 30.9 Å². The van der Waals surface area contributed by atoms with E-state index in [1.807, 2.05) is 0 Å². The largest absolute Gasteiger partial charge is 0.494 e. The maximum Gasteiger partial charge on any atom is 0.319 e. The molecule has 0 fully saturated rings. The Balaban J connectivity index is 1.94.